The maximum Gasteiger partial charge on any atom is 0.280 e. The zero-order chi connectivity index (χ0) is 20.5. The second-order valence-electron chi connectivity index (χ2n) is 7.47. The molecule has 1 aromatic carbocycles. The largest absolute Gasteiger partial charge is 0.455 e. The molecule has 1 aliphatic carbocycles. The lowest BCUT2D eigenvalue weighted by Gasteiger charge is -2.21. The van der Waals surface area contributed by atoms with Gasteiger partial charge in [0.25, 0.3) is 5.91 Å². The van der Waals surface area contributed by atoms with Crippen LogP contribution in [0.2, 0.25) is 0 Å². The summed E-state index contributed by atoms with van der Waals surface area (Å²) in [4.78, 5) is 24.0. The highest BCUT2D eigenvalue weighted by atomic mass is 32.1. The monoisotopic (exact) mass is 417 g/mol. The van der Waals surface area contributed by atoms with Crippen molar-refractivity contribution >= 4 is 17.2 Å². The van der Waals surface area contributed by atoms with Gasteiger partial charge in [-0.15, -0.1) is 11.3 Å². The van der Waals surface area contributed by atoms with E-state index in [1.165, 1.54) is 11.3 Å². The number of rotatable bonds is 5. The normalized spacial score (nSPS) is 22.0. The molecule has 0 spiro atoms. The molecular formula is C22H19N5O2S. The quantitative estimate of drug-likeness (QED) is 0.637. The van der Waals surface area contributed by atoms with E-state index in [0.717, 1.165) is 29.8 Å². The van der Waals surface area contributed by atoms with Crippen molar-refractivity contribution in [2.75, 3.05) is 6.54 Å². The number of carbonyl (C=O) groups excluding carboxylic acids is 1. The summed E-state index contributed by atoms with van der Waals surface area (Å²) in [5.41, 5.74) is 0.835. The van der Waals surface area contributed by atoms with Crippen molar-refractivity contribution in [3.05, 3.63) is 60.0 Å². The molecule has 1 aliphatic heterocycles. The van der Waals surface area contributed by atoms with E-state index in [9.17, 15) is 10.1 Å². The lowest BCUT2D eigenvalue weighted by atomic mass is 10.1. The number of hydrogen-bond donors (Lipinski definition) is 1. The molecule has 30 heavy (non-hydrogen) atoms. The molecule has 2 bridgehead atoms. The lowest BCUT2D eigenvalue weighted by Crippen LogP contribution is -2.42. The molecule has 0 radical (unpaired) electrons. The fourth-order valence-electron chi connectivity index (χ4n) is 4.33. The first-order valence-corrected chi connectivity index (χ1v) is 10.6. The second kappa shape index (κ2) is 7.76. The smallest absolute Gasteiger partial charge is 0.280 e. The Morgan fingerprint density at radius 2 is 2.10 bits per heavy atom. The number of nitrogens with zero attached hydrogens (tertiary/aromatic N) is 4. The minimum atomic E-state index is -0.187. The van der Waals surface area contributed by atoms with E-state index in [2.05, 4.69) is 21.5 Å². The van der Waals surface area contributed by atoms with Gasteiger partial charge in [-0.2, -0.15) is 5.26 Å². The number of carbonyl (C=O) groups is 1. The van der Waals surface area contributed by atoms with Crippen LogP contribution >= 0.6 is 11.3 Å². The van der Waals surface area contributed by atoms with Gasteiger partial charge in [0.05, 0.1) is 23.2 Å². The summed E-state index contributed by atoms with van der Waals surface area (Å²) in [6.45, 7) is 0.729. The van der Waals surface area contributed by atoms with Gasteiger partial charge in [-0.05, 0) is 37.0 Å². The third kappa shape index (κ3) is 3.37. The highest BCUT2D eigenvalue weighted by Gasteiger charge is 2.47. The number of nitriles is 1. The van der Waals surface area contributed by atoms with Gasteiger partial charge in [-0.25, -0.2) is 4.98 Å². The summed E-state index contributed by atoms with van der Waals surface area (Å²) in [5.74, 6) is 1.47. The van der Waals surface area contributed by atoms with Gasteiger partial charge in [0, 0.05) is 24.5 Å². The summed E-state index contributed by atoms with van der Waals surface area (Å²) in [6.07, 6.45) is 9.28. The molecule has 2 aromatic heterocycles. The number of para-hydroxylation sites is 1. The highest BCUT2D eigenvalue weighted by molar-refractivity contribution is 7.17. The molecule has 2 unspecified atom stereocenters. The standard InChI is InChI=1S/C22H19N5O2S/c23-13-27-12-14-6-7-17(27)20(14)26-21(28)22-25-11-19(30-22)16-8-9-24-10-18(16)29-15-4-2-1-3-5-15/h1-5,8-11,14,17,20H,6-7,12H2,(H,26,28)/t14?,17?,20-/m1/s1. The number of fused-ring (bicyclic) bond motifs is 2. The number of pyridine rings is 1. The predicted molar refractivity (Wildman–Crippen MR) is 112 cm³/mol. The number of nitrogens with one attached hydrogen (secondary N) is 1. The Kier molecular flexibility index (Phi) is 4.81. The first kappa shape index (κ1) is 18.6. The molecule has 3 atom stereocenters. The van der Waals surface area contributed by atoms with Crippen LogP contribution in [0.3, 0.4) is 0 Å². The summed E-state index contributed by atoms with van der Waals surface area (Å²) in [5, 5.41) is 12.8. The van der Waals surface area contributed by atoms with E-state index in [0.29, 0.717) is 22.4 Å². The van der Waals surface area contributed by atoms with Gasteiger partial charge in [0.1, 0.15) is 5.75 Å². The van der Waals surface area contributed by atoms with E-state index in [1.54, 1.807) is 23.5 Å². The number of amides is 1. The molecule has 2 aliphatic rings. The number of aromatic nitrogens is 2. The van der Waals surface area contributed by atoms with Crippen LogP contribution in [0.25, 0.3) is 10.4 Å². The van der Waals surface area contributed by atoms with Crippen LogP contribution in [-0.4, -0.2) is 39.4 Å². The Balaban J connectivity index is 1.34. The zero-order valence-corrected chi connectivity index (χ0v) is 16.9. The molecule has 3 aromatic rings. The van der Waals surface area contributed by atoms with E-state index in [-0.39, 0.29) is 18.0 Å². The van der Waals surface area contributed by atoms with Crippen molar-refractivity contribution in [1.29, 1.82) is 5.26 Å². The maximum atomic E-state index is 12.8. The van der Waals surface area contributed by atoms with Crippen LogP contribution < -0.4 is 10.1 Å². The Morgan fingerprint density at radius 1 is 1.23 bits per heavy atom. The Labute approximate surface area is 178 Å². The van der Waals surface area contributed by atoms with Crippen molar-refractivity contribution in [3.8, 4) is 28.1 Å². The molecule has 2 fully saturated rings. The molecule has 1 amide bonds. The highest BCUT2D eigenvalue weighted by Crippen LogP contribution is 2.38. The maximum absolute atomic E-state index is 12.8. The van der Waals surface area contributed by atoms with E-state index in [4.69, 9.17) is 4.74 Å². The topological polar surface area (TPSA) is 91.1 Å². The zero-order valence-electron chi connectivity index (χ0n) is 16.1. The first-order chi connectivity index (χ1) is 14.7. The number of piperidine rings is 1. The summed E-state index contributed by atoms with van der Waals surface area (Å²) < 4.78 is 5.98. The Morgan fingerprint density at radius 3 is 2.90 bits per heavy atom. The molecule has 3 heterocycles. The first-order valence-electron chi connectivity index (χ1n) is 9.83. The summed E-state index contributed by atoms with van der Waals surface area (Å²) in [6, 6.07) is 11.5. The Hall–Kier alpha value is -3.44. The number of ether oxygens (including phenoxy) is 1. The molecular weight excluding hydrogens is 398 g/mol. The number of likely N-dealkylation sites (tertiary alicyclic amines) is 1. The van der Waals surface area contributed by atoms with Gasteiger partial charge in [-0.1, -0.05) is 18.2 Å². The van der Waals surface area contributed by atoms with Crippen molar-refractivity contribution in [2.45, 2.75) is 24.9 Å². The second-order valence-corrected chi connectivity index (χ2v) is 8.50. The fraction of sp³-hybridized carbons (Fsp3) is 0.273. The Bertz CT molecular complexity index is 1110. The average Bonchev–Trinajstić information content (AvgIpc) is 3.50. The number of benzene rings is 1. The van der Waals surface area contributed by atoms with E-state index in [1.807, 2.05) is 36.4 Å². The predicted octanol–water partition coefficient (Wildman–Crippen LogP) is 3.67. The summed E-state index contributed by atoms with van der Waals surface area (Å²) in [7, 11) is 0. The minimum absolute atomic E-state index is 0.0161. The third-order valence-electron chi connectivity index (χ3n) is 5.73. The minimum Gasteiger partial charge on any atom is -0.455 e. The third-order valence-corrected chi connectivity index (χ3v) is 6.76. The van der Waals surface area contributed by atoms with Crippen LogP contribution in [0.15, 0.2) is 55.0 Å². The van der Waals surface area contributed by atoms with Crippen LogP contribution in [0.4, 0.5) is 0 Å². The van der Waals surface area contributed by atoms with E-state index < -0.39 is 0 Å². The van der Waals surface area contributed by atoms with Gasteiger partial charge in [-0.3, -0.25) is 9.78 Å². The molecule has 150 valence electrons. The van der Waals surface area contributed by atoms with Gasteiger partial charge in [0.2, 0.25) is 0 Å². The van der Waals surface area contributed by atoms with Gasteiger partial charge >= 0.3 is 0 Å². The average molecular weight is 417 g/mol. The van der Waals surface area contributed by atoms with Crippen LogP contribution in [0.1, 0.15) is 22.6 Å². The van der Waals surface area contributed by atoms with Crippen LogP contribution in [0, 0.1) is 17.4 Å². The molecule has 1 saturated heterocycles. The van der Waals surface area contributed by atoms with Crippen LogP contribution in [-0.2, 0) is 0 Å². The number of thiazole rings is 1. The molecule has 5 rings (SSSR count). The number of hydrogen-bond acceptors (Lipinski definition) is 7. The van der Waals surface area contributed by atoms with Crippen LogP contribution in [0.5, 0.6) is 11.5 Å². The molecule has 1 saturated carbocycles. The van der Waals surface area contributed by atoms with Gasteiger partial charge in [0.15, 0.2) is 17.0 Å². The van der Waals surface area contributed by atoms with Gasteiger partial charge < -0.3 is 15.0 Å². The molecule has 8 heteroatoms. The SMILES string of the molecule is N#CN1CC2CCC1[C@@H]2NC(=O)c1ncc(-c2ccncc2Oc2ccccc2)s1. The molecule has 7 nitrogen and oxygen atoms in total. The van der Waals surface area contributed by atoms with Crippen molar-refractivity contribution < 1.29 is 9.53 Å². The molecule has 1 N–H and O–H groups in total. The van der Waals surface area contributed by atoms with E-state index >= 15 is 0 Å². The van der Waals surface area contributed by atoms with Crippen molar-refractivity contribution in [3.63, 3.8) is 0 Å². The van der Waals surface area contributed by atoms with Crippen molar-refractivity contribution in [2.24, 2.45) is 5.92 Å². The van der Waals surface area contributed by atoms with Crippen molar-refractivity contribution in [1.82, 2.24) is 20.2 Å². The lowest BCUT2D eigenvalue weighted by molar-refractivity contribution is 0.0929. The fourth-order valence-corrected chi connectivity index (χ4v) is 5.18. The summed E-state index contributed by atoms with van der Waals surface area (Å²) >= 11 is 1.32.